The minimum Gasteiger partial charge on any atom is -0.483 e. The van der Waals surface area contributed by atoms with Gasteiger partial charge in [-0.2, -0.15) is 0 Å². The molecule has 0 atom stereocenters. The minimum absolute atomic E-state index is 0. The average Bonchev–Trinajstić information content (AvgIpc) is 0.918. The molecule has 0 amide bonds. The van der Waals surface area contributed by atoms with Gasteiger partial charge in [-0.3, -0.25) is 4.79 Å². The molecule has 4 heavy (non-hydrogen) atoms. The van der Waals surface area contributed by atoms with Crippen LogP contribution in [-0.4, -0.2) is 11.6 Å². The molecule has 0 radical (unpaired) electrons. The molecule has 0 aliphatic rings. The van der Waals surface area contributed by atoms with E-state index in [1.54, 1.807) is 0 Å². The van der Waals surface area contributed by atoms with E-state index in [4.69, 9.17) is 9.90 Å². The molecule has 0 aliphatic carbocycles. The normalized spacial score (nSPS) is 3.00. The summed E-state index contributed by atoms with van der Waals surface area (Å²) in [5.74, 6) is 0. The second-order valence-corrected chi connectivity index (χ2v) is 0.105. The van der Waals surface area contributed by atoms with Crippen LogP contribution in [0.5, 0.6) is 0 Å². The molecule has 0 spiro atoms. The molecule has 0 aromatic heterocycles. The maximum absolute atomic E-state index is 8.36. The summed E-state index contributed by atoms with van der Waals surface area (Å²) in [7, 11) is 0. The van der Waals surface area contributed by atoms with Crippen molar-refractivity contribution < 1.29 is 32.3 Å². The van der Waals surface area contributed by atoms with Crippen molar-refractivity contribution in [2.24, 2.45) is 0 Å². The van der Waals surface area contributed by atoms with Crippen molar-refractivity contribution in [2.45, 2.75) is 0 Å². The van der Waals surface area contributed by atoms with Crippen molar-refractivity contribution in [3.05, 3.63) is 0 Å². The van der Waals surface area contributed by atoms with Gasteiger partial charge in [0.25, 0.3) is 6.47 Å². The van der Waals surface area contributed by atoms with Crippen molar-refractivity contribution in [3.8, 4) is 0 Å². The van der Waals surface area contributed by atoms with Crippen LogP contribution in [0.4, 0.5) is 0 Å². The van der Waals surface area contributed by atoms with Gasteiger partial charge in [-0.05, 0) is 0 Å². The van der Waals surface area contributed by atoms with Crippen LogP contribution in [0.25, 0.3) is 0 Å². The van der Waals surface area contributed by atoms with Crippen LogP contribution in [0.15, 0.2) is 0 Å². The fourth-order valence-electron chi connectivity index (χ4n) is 0. The van der Waals surface area contributed by atoms with Crippen molar-refractivity contribution >= 4 is 6.47 Å². The van der Waals surface area contributed by atoms with Gasteiger partial charge in [-0.25, -0.2) is 0 Å². The van der Waals surface area contributed by atoms with E-state index < -0.39 is 0 Å². The Morgan fingerprint density at radius 1 is 1.75 bits per heavy atom. The smallest absolute Gasteiger partial charge is 0.483 e. The second-order valence-electron chi connectivity index (χ2n) is 0.105. The molecular weight excluding hydrogens is 152 g/mol. The third kappa shape index (κ3) is 73.2. The van der Waals surface area contributed by atoms with E-state index in [1.807, 2.05) is 0 Å². The molecule has 0 aromatic carbocycles. The van der Waals surface area contributed by atoms with Gasteiger partial charge in [0.1, 0.15) is 0 Å². The molecular formula is CH2AgO2+. The Kier molecular flexibility index (Phi) is 23.8. The Balaban J connectivity index is 0. The monoisotopic (exact) mass is 153 g/mol. The van der Waals surface area contributed by atoms with Gasteiger partial charge in [0.15, 0.2) is 0 Å². The third-order valence-electron chi connectivity index (χ3n) is 0. The van der Waals surface area contributed by atoms with E-state index in [0.29, 0.717) is 0 Å². The Hall–Kier alpha value is 0.210. The molecule has 1 N–H and O–H groups in total. The van der Waals surface area contributed by atoms with Crippen LogP contribution in [0.3, 0.4) is 0 Å². The molecule has 0 unspecified atom stereocenters. The van der Waals surface area contributed by atoms with Gasteiger partial charge < -0.3 is 5.11 Å². The third-order valence-corrected chi connectivity index (χ3v) is 0. The fourth-order valence-corrected chi connectivity index (χ4v) is 0. The zero-order chi connectivity index (χ0) is 2.71. The molecule has 0 saturated carbocycles. The largest absolute Gasteiger partial charge is 1.00 e. The number of hydrogen-bond acceptors (Lipinski definition) is 1. The molecule has 2 nitrogen and oxygen atoms in total. The zero-order valence-corrected chi connectivity index (χ0v) is 3.22. The summed E-state index contributed by atoms with van der Waals surface area (Å²) in [5, 5.41) is 6.89. The van der Waals surface area contributed by atoms with Gasteiger partial charge in [-0.15, -0.1) is 0 Å². The average molecular weight is 154 g/mol. The summed E-state index contributed by atoms with van der Waals surface area (Å²) in [4.78, 5) is 8.36. The molecule has 0 heterocycles. The standard InChI is InChI=1S/CH2O2.Ag/c2-1-3;/h1H,(H,2,3);/q;+1. The van der Waals surface area contributed by atoms with E-state index in [1.165, 1.54) is 0 Å². The summed E-state index contributed by atoms with van der Waals surface area (Å²) in [6.45, 7) is -0.250. The van der Waals surface area contributed by atoms with Crippen LogP contribution in [-0.2, 0) is 27.2 Å². The Morgan fingerprint density at radius 3 is 1.75 bits per heavy atom. The minimum atomic E-state index is -0.250. The van der Waals surface area contributed by atoms with Crippen LogP contribution >= 0.6 is 0 Å². The molecule has 0 aromatic rings. The quantitative estimate of drug-likeness (QED) is 0.384. The molecule has 0 rings (SSSR count). The number of carboxylic acid groups (broad SMARTS) is 1. The van der Waals surface area contributed by atoms with Crippen molar-refractivity contribution in [3.63, 3.8) is 0 Å². The Morgan fingerprint density at radius 2 is 1.75 bits per heavy atom. The van der Waals surface area contributed by atoms with Crippen LogP contribution < -0.4 is 0 Å². The van der Waals surface area contributed by atoms with Crippen molar-refractivity contribution in [2.75, 3.05) is 0 Å². The van der Waals surface area contributed by atoms with E-state index in [-0.39, 0.29) is 28.9 Å². The molecule has 0 bridgehead atoms. The SMILES string of the molecule is O=CO.[Ag+]. The molecule has 28 valence electrons. The maximum atomic E-state index is 8.36. The first-order chi connectivity index (χ1) is 1.41. The summed E-state index contributed by atoms with van der Waals surface area (Å²) >= 11 is 0. The predicted octanol–water partition coefficient (Wildman–Crippen LogP) is -0.302. The van der Waals surface area contributed by atoms with Gasteiger partial charge in [0.05, 0.1) is 0 Å². The first-order valence-electron chi connectivity index (χ1n) is 0.494. The van der Waals surface area contributed by atoms with Crippen LogP contribution in [0.2, 0.25) is 0 Å². The number of rotatable bonds is 0. The van der Waals surface area contributed by atoms with Crippen LogP contribution in [0.1, 0.15) is 0 Å². The van der Waals surface area contributed by atoms with Gasteiger partial charge >= 0.3 is 22.4 Å². The Bertz CT molecular complexity index is 13.5. The first kappa shape index (κ1) is 8.88. The predicted molar refractivity (Wildman–Crippen MR) is 8.69 cm³/mol. The second kappa shape index (κ2) is 10.7. The van der Waals surface area contributed by atoms with E-state index in [0.717, 1.165) is 0 Å². The molecule has 0 saturated heterocycles. The first-order valence-corrected chi connectivity index (χ1v) is 0.494. The Labute approximate surface area is 39.3 Å². The fraction of sp³-hybridized carbons (Fsp3) is 0. The summed E-state index contributed by atoms with van der Waals surface area (Å²) in [6.07, 6.45) is 0. The molecule has 3 heteroatoms. The van der Waals surface area contributed by atoms with E-state index in [2.05, 4.69) is 0 Å². The van der Waals surface area contributed by atoms with E-state index in [9.17, 15) is 0 Å². The van der Waals surface area contributed by atoms with Gasteiger partial charge in [0, 0.05) is 0 Å². The van der Waals surface area contributed by atoms with Crippen molar-refractivity contribution in [1.82, 2.24) is 0 Å². The molecule has 0 aliphatic heterocycles. The van der Waals surface area contributed by atoms with Gasteiger partial charge in [0.2, 0.25) is 0 Å². The van der Waals surface area contributed by atoms with E-state index >= 15 is 0 Å². The topological polar surface area (TPSA) is 37.3 Å². The summed E-state index contributed by atoms with van der Waals surface area (Å²) in [5.41, 5.74) is 0. The summed E-state index contributed by atoms with van der Waals surface area (Å²) in [6, 6.07) is 0. The zero-order valence-electron chi connectivity index (χ0n) is 1.73. The summed E-state index contributed by atoms with van der Waals surface area (Å²) < 4.78 is 0. The molecule has 0 fully saturated rings. The van der Waals surface area contributed by atoms with Crippen molar-refractivity contribution in [1.29, 1.82) is 0 Å². The van der Waals surface area contributed by atoms with Gasteiger partial charge in [-0.1, -0.05) is 0 Å². The van der Waals surface area contributed by atoms with Crippen LogP contribution in [0, 0.1) is 0 Å². The number of hydrogen-bond donors (Lipinski definition) is 1. The number of carbonyl (C=O) groups is 1. The maximum Gasteiger partial charge on any atom is 1.00 e.